The van der Waals surface area contributed by atoms with Gasteiger partial charge in [0, 0.05) is 43.0 Å². The number of carbonyl (C=O) groups excluding carboxylic acids is 3. The van der Waals surface area contributed by atoms with E-state index in [9.17, 15) is 14.4 Å². The molecule has 3 N–H and O–H groups in total. The molecular weight excluding hydrogens is 801 g/mol. The van der Waals surface area contributed by atoms with Crippen LogP contribution in [0.4, 0.5) is 11.4 Å². The number of piperidine rings is 1. The number of nitrogens with one attached hydrogen (secondary N) is 1. The molecule has 0 spiro atoms. The molecule has 14 heteroatoms. The van der Waals surface area contributed by atoms with Crippen molar-refractivity contribution in [2.24, 2.45) is 15.7 Å². The number of primary amides is 1. The lowest BCUT2D eigenvalue weighted by molar-refractivity contribution is -0.148. The number of ether oxygens (including phenoxy) is 5. The van der Waals surface area contributed by atoms with E-state index in [0.29, 0.717) is 82.8 Å². The van der Waals surface area contributed by atoms with Crippen molar-refractivity contribution in [3.8, 4) is 0 Å². The second kappa shape index (κ2) is 30.7. The Morgan fingerprint density at radius 1 is 0.825 bits per heavy atom. The Bertz CT molecular complexity index is 1870. The first kappa shape index (κ1) is 52.1. The molecule has 3 aromatic carbocycles. The number of likely N-dealkylation sites (N-methyl/N-ethyl adjacent to an activating group) is 1. The van der Waals surface area contributed by atoms with E-state index in [1.165, 1.54) is 31.2 Å². The van der Waals surface area contributed by atoms with Crippen LogP contribution in [0.1, 0.15) is 86.3 Å². The SMILES string of the molecule is C=NC(=NC(=C)C(N)=O)c1cc(N2CCCCC2)ccc1NC(=O)c1cccc(CN(C)CCOCCOCCOCCOCCC(=O)OC(C)C)c1.CCCCc1ccccc1. The molecule has 1 heterocycles. The maximum atomic E-state index is 13.5. The second-order valence-electron chi connectivity index (χ2n) is 15.4. The molecule has 344 valence electrons. The van der Waals surface area contributed by atoms with Gasteiger partial charge in [-0.3, -0.25) is 19.3 Å². The quantitative estimate of drug-likeness (QED) is 0.0262. The van der Waals surface area contributed by atoms with Crippen LogP contribution >= 0.6 is 0 Å². The van der Waals surface area contributed by atoms with Gasteiger partial charge in [0.1, 0.15) is 5.70 Å². The van der Waals surface area contributed by atoms with Crippen LogP contribution < -0.4 is 16.0 Å². The number of amides is 2. The first-order valence-electron chi connectivity index (χ1n) is 22.1. The maximum Gasteiger partial charge on any atom is 0.308 e. The lowest BCUT2D eigenvalue weighted by atomic mass is 10.1. The largest absolute Gasteiger partial charge is 0.463 e. The third-order valence-electron chi connectivity index (χ3n) is 9.74. The molecule has 0 aliphatic carbocycles. The van der Waals surface area contributed by atoms with Crippen LogP contribution in [0.3, 0.4) is 0 Å². The molecular formula is C49H70N6O8. The van der Waals surface area contributed by atoms with Crippen molar-refractivity contribution in [3.63, 3.8) is 0 Å². The van der Waals surface area contributed by atoms with Gasteiger partial charge in [0.25, 0.3) is 11.8 Å². The van der Waals surface area contributed by atoms with E-state index in [1.807, 2.05) is 57.3 Å². The minimum atomic E-state index is -0.775. The fraction of sp³-hybridized carbons (Fsp3) is 0.490. The zero-order valence-corrected chi connectivity index (χ0v) is 38.0. The van der Waals surface area contributed by atoms with Crippen LogP contribution in [-0.2, 0) is 46.2 Å². The summed E-state index contributed by atoms with van der Waals surface area (Å²) in [4.78, 5) is 49.3. The Morgan fingerprint density at radius 3 is 2.08 bits per heavy atom. The molecule has 14 nitrogen and oxygen atoms in total. The summed E-state index contributed by atoms with van der Waals surface area (Å²) in [6, 6.07) is 23.8. The predicted octanol–water partition coefficient (Wildman–Crippen LogP) is 7.24. The standard InChI is InChI=1S/C39H56N6O8.C10H14/c1-29(2)53-36(46)14-18-49-20-22-51-24-25-52-23-21-50-19-17-44(5)28-31-10-9-11-32(26-31)39(48)43-35-13-12-33(45-15-7-6-8-16-45)27-34(35)38(41-4)42-30(3)37(40)47;1-2-3-7-10-8-5-4-6-9-10/h9-13,26-27,29H,3-4,6-8,14-25,28H2,1-2,5H3,(H2,40,47)(H,43,48);4-6,8-9H,2-3,7H2,1H3. The number of carbonyl (C=O) groups is 3. The van der Waals surface area contributed by atoms with Crippen LogP contribution in [0, 0.1) is 0 Å². The molecule has 0 bridgehead atoms. The molecule has 0 radical (unpaired) electrons. The van der Waals surface area contributed by atoms with E-state index in [1.54, 1.807) is 6.07 Å². The fourth-order valence-electron chi connectivity index (χ4n) is 6.42. The molecule has 4 rings (SSSR count). The Balaban J connectivity index is 0.000000924. The van der Waals surface area contributed by atoms with Gasteiger partial charge in [-0.25, -0.2) is 9.98 Å². The number of benzene rings is 3. The molecule has 63 heavy (non-hydrogen) atoms. The van der Waals surface area contributed by atoms with E-state index in [0.717, 1.165) is 37.2 Å². The number of nitrogens with zero attached hydrogens (tertiary/aromatic N) is 4. The molecule has 0 saturated carbocycles. The van der Waals surface area contributed by atoms with E-state index < -0.39 is 5.91 Å². The highest BCUT2D eigenvalue weighted by Gasteiger charge is 2.18. The summed E-state index contributed by atoms with van der Waals surface area (Å²) in [5.74, 6) is -1.21. The highest BCUT2D eigenvalue weighted by atomic mass is 16.6. The Morgan fingerprint density at radius 2 is 1.46 bits per heavy atom. The van der Waals surface area contributed by atoms with Crippen LogP contribution in [0.2, 0.25) is 0 Å². The van der Waals surface area contributed by atoms with Crippen molar-refractivity contribution in [1.82, 2.24) is 4.90 Å². The van der Waals surface area contributed by atoms with Crippen molar-refractivity contribution >= 4 is 41.7 Å². The average molecular weight is 871 g/mol. The van der Waals surface area contributed by atoms with Gasteiger partial charge < -0.3 is 39.6 Å². The van der Waals surface area contributed by atoms with E-state index in [2.05, 4.69) is 75.7 Å². The Hall–Kier alpha value is -5.25. The number of nitrogens with two attached hydrogens (primary N) is 1. The molecule has 3 aromatic rings. The number of hydrogen-bond donors (Lipinski definition) is 2. The van der Waals surface area contributed by atoms with Gasteiger partial charge in [0.15, 0.2) is 5.84 Å². The molecule has 1 aliphatic heterocycles. The van der Waals surface area contributed by atoms with Crippen LogP contribution in [0.15, 0.2) is 95.1 Å². The lowest BCUT2D eigenvalue weighted by Gasteiger charge is -2.29. The number of unbranched alkanes of at least 4 members (excludes halogenated alkanes) is 1. The highest BCUT2D eigenvalue weighted by Crippen LogP contribution is 2.28. The second-order valence-corrected chi connectivity index (χ2v) is 15.4. The molecule has 0 aromatic heterocycles. The minimum Gasteiger partial charge on any atom is -0.463 e. The van der Waals surface area contributed by atoms with Crippen LogP contribution in [-0.4, -0.2) is 121 Å². The summed E-state index contributed by atoms with van der Waals surface area (Å²) < 4.78 is 27.2. The number of amidine groups is 1. The highest BCUT2D eigenvalue weighted by molar-refractivity contribution is 6.13. The minimum absolute atomic E-state index is 0.122. The maximum absolute atomic E-state index is 13.5. The van der Waals surface area contributed by atoms with Gasteiger partial charge in [0.05, 0.1) is 71.1 Å². The van der Waals surface area contributed by atoms with E-state index >= 15 is 0 Å². The monoisotopic (exact) mass is 871 g/mol. The average Bonchev–Trinajstić information content (AvgIpc) is 3.28. The molecule has 1 saturated heterocycles. The van der Waals surface area contributed by atoms with Gasteiger partial charge >= 0.3 is 5.97 Å². The number of hydrogen-bond acceptors (Lipinski definition) is 11. The van der Waals surface area contributed by atoms with Gasteiger partial charge in [-0.05, 0) is 101 Å². The number of rotatable bonds is 27. The van der Waals surface area contributed by atoms with Gasteiger partial charge in [-0.2, -0.15) is 0 Å². The van der Waals surface area contributed by atoms with Gasteiger partial charge in [-0.1, -0.05) is 62.4 Å². The molecule has 1 aliphatic rings. The van der Waals surface area contributed by atoms with Crippen molar-refractivity contribution in [1.29, 1.82) is 0 Å². The normalized spacial score (nSPS) is 12.7. The number of esters is 1. The van der Waals surface area contributed by atoms with E-state index in [4.69, 9.17) is 29.4 Å². The van der Waals surface area contributed by atoms with Crippen LogP contribution in [0.5, 0.6) is 0 Å². The molecule has 0 atom stereocenters. The summed E-state index contributed by atoms with van der Waals surface area (Å²) in [7, 11) is 1.99. The molecule has 0 unspecified atom stereocenters. The Labute approximate surface area is 374 Å². The smallest absolute Gasteiger partial charge is 0.308 e. The topological polar surface area (TPSA) is 167 Å². The van der Waals surface area contributed by atoms with Crippen molar-refractivity contribution in [2.45, 2.75) is 78.4 Å². The zero-order valence-electron chi connectivity index (χ0n) is 38.0. The summed E-state index contributed by atoms with van der Waals surface area (Å²) in [5.41, 5.74) is 10.1. The Kier molecular flexibility index (Phi) is 25.4. The summed E-state index contributed by atoms with van der Waals surface area (Å²) in [6.45, 7) is 19.7. The summed E-state index contributed by atoms with van der Waals surface area (Å²) >= 11 is 0. The summed E-state index contributed by atoms with van der Waals surface area (Å²) in [5, 5.41) is 3.00. The molecule has 1 fully saturated rings. The first-order chi connectivity index (χ1) is 30.5. The first-order valence-corrected chi connectivity index (χ1v) is 22.1. The predicted molar refractivity (Wildman–Crippen MR) is 252 cm³/mol. The van der Waals surface area contributed by atoms with Crippen molar-refractivity contribution in [3.05, 3.63) is 107 Å². The zero-order chi connectivity index (χ0) is 45.7. The van der Waals surface area contributed by atoms with Gasteiger partial charge in [0.2, 0.25) is 0 Å². The third-order valence-corrected chi connectivity index (χ3v) is 9.74. The van der Waals surface area contributed by atoms with Crippen LogP contribution in [0.25, 0.3) is 0 Å². The lowest BCUT2D eigenvalue weighted by Crippen LogP contribution is -2.29. The van der Waals surface area contributed by atoms with Gasteiger partial charge in [-0.15, -0.1) is 0 Å². The van der Waals surface area contributed by atoms with E-state index in [-0.39, 0.29) is 35.9 Å². The number of anilines is 2. The fourth-order valence-corrected chi connectivity index (χ4v) is 6.42. The number of aryl methyl sites for hydroxylation is 1. The van der Waals surface area contributed by atoms with Crippen molar-refractivity contribution < 1.29 is 38.1 Å². The number of aliphatic imine (C=N–C) groups is 2. The molecule has 2 amide bonds. The summed E-state index contributed by atoms with van der Waals surface area (Å²) in [6.07, 6.45) is 7.32. The third kappa shape index (κ3) is 21.6. The van der Waals surface area contributed by atoms with Crippen molar-refractivity contribution in [2.75, 3.05) is 89.8 Å².